The first-order valence-corrected chi connectivity index (χ1v) is 10.5. The lowest BCUT2D eigenvalue weighted by Crippen LogP contribution is -2.36. The number of hydrogen-bond acceptors (Lipinski definition) is 0. The highest BCUT2D eigenvalue weighted by Crippen LogP contribution is 2.52. The first kappa shape index (κ1) is 17.8. The maximum Gasteiger partial charge on any atom is 0.0104 e. The zero-order chi connectivity index (χ0) is 18.5. The summed E-state index contributed by atoms with van der Waals surface area (Å²) in [6, 6.07) is 18.2. The van der Waals surface area contributed by atoms with Crippen molar-refractivity contribution in [3.63, 3.8) is 0 Å². The predicted molar refractivity (Wildman–Crippen MR) is 112 cm³/mol. The Kier molecular flexibility index (Phi) is 4.49. The van der Waals surface area contributed by atoms with E-state index in [1.54, 1.807) is 11.1 Å². The summed E-state index contributed by atoms with van der Waals surface area (Å²) in [5.74, 6) is 3.93. The van der Waals surface area contributed by atoms with Crippen molar-refractivity contribution < 1.29 is 0 Å². The van der Waals surface area contributed by atoms with Crippen molar-refractivity contribution in [2.75, 3.05) is 0 Å². The van der Waals surface area contributed by atoms with Gasteiger partial charge in [-0.05, 0) is 70.6 Å². The fourth-order valence-corrected chi connectivity index (χ4v) is 5.64. The van der Waals surface area contributed by atoms with Gasteiger partial charge in [-0.3, -0.25) is 0 Å². The highest BCUT2D eigenvalue weighted by molar-refractivity contribution is 5.78. The van der Waals surface area contributed by atoms with Gasteiger partial charge < -0.3 is 0 Å². The second-order valence-electron chi connectivity index (χ2n) is 10.1. The Morgan fingerprint density at radius 1 is 0.808 bits per heavy atom. The molecule has 0 bridgehead atoms. The normalized spacial score (nSPS) is 28.7. The molecule has 0 saturated heterocycles. The third kappa shape index (κ3) is 3.02. The molecule has 4 atom stereocenters. The third-order valence-corrected chi connectivity index (χ3v) is 7.61. The van der Waals surface area contributed by atoms with E-state index < -0.39 is 0 Å². The Morgan fingerprint density at radius 3 is 1.88 bits per heavy atom. The summed E-state index contributed by atoms with van der Waals surface area (Å²) in [4.78, 5) is 0. The first-order valence-electron chi connectivity index (χ1n) is 10.5. The van der Waals surface area contributed by atoms with E-state index in [-0.39, 0.29) is 0 Å². The lowest BCUT2D eigenvalue weighted by molar-refractivity contribution is 0.0577. The highest BCUT2D eigenvalue weighted by Gasteiger charge is 2.40. The molecule has 138 valence electrons. The van der Waals surface area contributed by atoms with Gasteiger partial charge >= 0.3 is 0 Å². The van der Waals surface area contributed by atoms with E-state index in [9.17, 15) is 0 Å². The molecule has 0 aromatic heterocycles. The van der Waals surface area contributed by atoms with Crippen molar-refractivity contribution in [1.29, 1.82) is 0 Å². The molecule has 26 heavy (non-hydrogen) atoms. The monoisotopic (exact) mass is 346 g/mol. The van der Waals surface area contributed by atoms with E-state index in [0.717, 1.165) is 23.7 Å². The van der Waals surface area contributed by atoms with Gasteiger partial charge in [-0.2, -0.15) is 0 Å². The molecule has 0 aliphatic heterocycles. The summed E-state index contributed by atoms with van der Waals surface area (Å²) in [5.41, 5.74) is 6.49. The highest BCUT2D eigenvalue weighted by atomic mass is 14.4. The maximum atomic E-state index is 2.51. The van der Waals surface area contributed by atoms with Crippen LogP contribution in [0.5, 0.6) is 0 Å². The van der Waals surface area contributed by atoms with Gasteiger partial charge in [-0.15, -0.1) is 0 Å². The van der Waals surface area contributed by atoms with Gasteiger partial charge in [0.1, 0.15) is 0 Å². The molecule has 2 aromatic rings. The number of rotatable bonds is 2. The zero-order valence-corrected chi connectivity index (χ0v) is 17.1. The minimum atomic E-state index is 0.429. The van der Waals surface area contributed by atoms with Crippen LogP contribution >= 0.6 is 0 Å². The molecule has 0 radical (unpaired) electrons. The fraction of sp³-hybridized carbons (Fsp3) is 0.538. The molecule has 1 saturated carbocycles. The molecule has 0 N–H and O–H groups in total. The number of benzene rings is 2. The predicted octanol–water partition coefficient (Wildman–Crippen LogP) is 7.53. The Labute approximate surface area is 160 Å². The van der Waals surface area contributed by atoms with Gasteiger partial charge in [0, 0.05) is 5.92 Å². The maximum absolute atomic E-state index is 2.51. The van der Waals surface area contributed by atoms with E-state index in [1.807, 2.05) is 0 Å². The van der Waals surface area contributed by atoms with Crippen LogP contribution in [0.15, 0.2) is 48.5 Å². The third-order valence-electron chi connectivity index (χ3n) is 7.61. The average molecular weight is 347 g/mol. The van der Waals surface area contributed by atoms with E-state index in [0.29, 0.717) is 11.3 Å². The zero-order valence-electron chi connectivity index (χ0n) is 17.1. The van der Waals surface area contributed by atoms with Crippen LogP contribution < -0.4 is 0 Å². The Hall–Kier alpha value is -1.56. The number of fused-ring (bicyclic) bond motifs is 3. The Morgan fingerprint density at radius 2 is 1.35 bits per heavy atom. The van der Waals surface area contributed by atoms with Crippen molar-refractivity contribution in [2.24, 2.45) is 29.1 Å². The van der Waals surface area contributed by atoms with Gasteiger partial charge in [0.25, 0.3) is 0 Å². The summed E-state index contributed by atoms with van der Waals surface area (Å²) in [5, 5.41) is 0. The second-order valence-corrected chi connectivity index (χ2v) is 10.1. The van der Waals surface area contributed by atoms with Crippen molar-refractivity contribution in [1.82, 2.24) is 0 Å². The van der Waals surface area contributed by atoms with E-state index in [1.165, 1.54) is 30.4 Å². The van der Waals surface area contributed by atoms with Gasteiger partial charge in [-0.1, -0.05) is 83.1 Å². The Bertz CT molecular complexity index is 733. The molecule has 2 aliphatic rings. The van der Waals surface area contributed by atoms with Gasteiger partial charge in [0.2, 0.25) is 0 Å². The lowest BCUT2D eigenvalue weighted by atomic mass is 9.60. The van der Waals surface area contributed by atoms with Crippen LogP contribution in [0.1, 0.15) is 70.9 Å². The molecular weight excluding hydrogens is 312 g/mol. The Balaban J connectivity index is 1.66. The molecule has 2 aromatic carbocycles. The summed E-state index contributed by atoms with van der Waals surface area (Å²) in [7, 11) is 0. The largest absolute Gasteiger partial charge is 0.0622 e. The molecule has 2 aliphatic carbocycles. The van der Waals surface area contributed by atoms with E-state index in [2.05, 4.69) is 83.1 Å². The molecule has 0 amide bonds. The average Bonchev–Trinajstić information content (AvgIpc) is 2.92. The second kappa shape index (κ2) is 6.55. The SMILES string of the molecule is CC1CC(C(C)(C)C)CC(CC2c3ccccc3-c3ccccc32)C1C. The molecule has 0 heterocycles. The molecular formula is C26H34. The van der Waals surface area contributed by atoms with Crippen LogP contribution in [-0.4, -0.2) is 0 Å². The van der Waals surface area contributed by atoms with E-state index >= 15 is 0 Å². The molecule has 1 fully saturated rings. The van der Waals surface area contributed by atoms with Gasteiger partial charge in [0.05, 0.1) is 0 Å². The van der Waals surface area contributed by atoms with Crippen molar-refractivity contribution in [3.8, 4) is 11.1 Å². The molecule has 0 heteroatoms. The molecule has 4 rings (SSSR count). The molecule has 0 nitrogen and oxygen atoms in total. The van der Waals surface area contributed by atoms with Crippen LogP contribution in [0.2, 0.25) is 0 Å². The van der Waals surface area contributed by atoms with E-state index in [4.69, 9.17) is 0 Å². The number of hydrogen-bond donors (Lipinski definition) is 0. The summed E-state index contributed by atoms with van der Waals surface area (Å²) < 4.78 is 0. The summed E-state index contributed by atoms with van der Waals surface area (Å²) >= 11 is 0. The van der Waals surface area contributed by atoms with Crippen molar-refractivity contribution in [3.05, 3.63) is 59.7 Å². The van der Waals surface area contributed by atoms with Crippen molar-refractivity contribution >= 4 is 0 Å². The minimum Gasteiger partial charge on any atom is -0.0622 e. The van der Waals surface area contributed by atoms with Gasteiger partial charge in [-0.25, -0.2) is 0 Å². The summed E-state index contributed by atoms with van der Waals surface area (Å²) in [6.45, 7) is 12.3. The van der Waals surface area contributed by atoms with Crippen LogP contribution in [0.3, 0.4) is 0 Å². The molecule has 0 spiro atoms. The topological polar surface area (TPSA) is 0 Å². The van der Waals surface area contributed by atoms with Crippen LogP contribution in [0.4, 0.5) is 0 Å². The first-order chi connectivity index (χ1) is 12.4. The smallest absolute Gasteiger partial charge is 0.0104 e. The fourth-order valence-electron chi connectivity index (χ4n) is 5.64. The van der Waals surface area contributed by atoms with Crippen molar-refractivity contribution in [2.45, 2.75) is 59.8 Å². The quantitative estimate of drug-likeness (QED) is 0.527. The summed E-state index contributed by atoms with van der Waals surface area (Å²) in [6.07, 6.45) is 4.11. The van der Waals surface area contributed by atoms with Crippen LogP contribution in [0, 0.1) is 29.1 Å². The standard InChI is InChI=1S/C26H34/c1-17-14-20(26(3,4)5)15-19(18(17)2)16-25-23-12-8-6-10-21(23)22-11-7-9-13-24(22)25/h6-13,17-20,25H,14-16H2,1-5H3. The lowest BCUT2D eigenvalue weighted by Gasteiger charge is -2.45. The van der Waals surface area contributed by atoms with Gasteiger partial charge in [0.15, 0.2) is 0 Å². The van der Waals surface area contributed by atoms with Crippen LogP contribution in [-0.2, 0) is 0 Å². The minimum absolute atomic E-state index is 0.429. The van der Waals surface area contributed by atoms with Crippen LogP contribution in [0.25, 0.3) is 11.1 Å². The molecule has 4 unspecified atom stereocenters.